The molecule has 0 spiro atoms. The summed E-state index contributed by atoms with van der Waals surface area (Å²) in [7, 11) is 0. The molecule has 1 heterocycles. The summed E-state index contributed by atoms with van der Waals surface area (Å²) in [5, 5.41) is 0. The van der Waals surface area contributed by atoms with E-state index in [0.29, 0.717) is 24.8 Å². The molecule has 1 amide bonds. The Labute approximate surface area is 173 Å². The van der Waals surface area contributed by atoms with Gasteiger partial charge in [0.05, 0.1) is 6.04 Å². The molecule has 142 valence electrons. The van der Waals surface area contributed by atoms with E-state index in [2.05, 4.69) is 13.8 Å². The van der Waals surface area contributed by atoms with E-state index in [1.165, 1.54) is 12.8 Å². The Bertz CT molecular complexity index is 267. The van der Waals surface area contributed by atoms with Gasteiger partial charge in [-0.15, -0.1) is 0 Å². The molecule has 0 radical (unpaired) electrons. The van der Waals surface area contributed by atoms with E-state index in [0.717, 1.165) is 19.6 Å². The number of ether oxygens (including phenoxy) is 1. The normalized spacial score (nSPS) is 15.0. The Balaban J connectivity index is -0.0000000775. The zero-order valence-corrected chi connectivity index (χ0v) is 15.9. The van der Waals surface area contributed by atoms with Crippen molar-refractivity contribution in [1.29, 1.82) is 0 Å². The van der Waals surface area contributed by atoms with Crippen molar-refractivity contribution in [3.05, 3.63) is 0 Å². The van der Waals surface area contributed by atoms with E-state index >= 15 is 0 Å². The van der Waals surface area contributed by atoms with E-state index in [1.54, 1.807) is 0 Å². The number of hydrogen-bond acceptors (Lipinski definition) is 5. The standard InChI is InChI=1S/C6H14N2O.C6H16N2.C4H8O.Al.Li.4H/c1-4(2)3-5(7)6(8)9;1-5(2)3-6(8)4-7;1-2-4-5-3-1;;;;;;/h4-5H,3,7H2,1-2H3,(H2,8,9);5-6H,3-4,7-8H2,1-2H3;1-4H2;;;;;;/q;;;;+1;;;;-1. The van der Waals surface area contributed by atoms with Crippen molar-refractivity contribution in [2.45, 2.75) is 65.5 Å². The van der Waals surface area contributed by atoms with Crippen LogP contribution in [0.25, 0.3) is 0 Å². The summed E-state index contributed by atoms with van der Waals surface area (Å²) >= 11 is 0. The molecule has 0 aromatic rings. The van der Waals surface area contributed by atoms with Gasteiger partial charge in [0, 0.05) is 25.8 Å². The van der Waals surface area contributed by atoms with E-state index in [4.69, 9.17) is 27.7 Å². The molecule has 24 heavy (non-hydrogen) atoms. The van der Waals surface area contributed by atoms with Crippen LogP contribution in [0.2, 0.25) is 0 Å². The van der Waals surface area contributed by atoms with Crippen LogP contribution in [-0.4, -0.2) is 55.1 Å². The summed E-state index contributed by atoms with van der Waals surface area (Å²) in [6.45, 7) is 10.9. The van der Waals surface area contributed by atoms with Crippen LogP contribution in [0.4, 0.5) is 0 Å². The number of amides is 1. The molecule has 0 bridgehead atoms. The Morgan fingerprint density at radius 2 is 1.46 bits per heavy atom. The second-order valence-electron chi connectivity index (χ2n) is 6.58. The largest absolute Gasteiger partial charge is 1.00 e. The molecule has 6 nitrogen and oxygen atoms in total. The first-order valence-corrected chi connectivity index (χ1v) is 8.28. The molecule has 2 unspecified atom stereocenters. The summed E-state index contributed by atoms with van der Waals surface area (Å²) in [6.07, 6.45) is 4.27. The molecule has 1 aliphatic heterocycles. The maximum atomic E-state index is 10.3. The first-order chi connectivity index (χ1) is 10.2. The van der Waals surface area contributed by atoms with Gasteiger partial charge in [-0.25, -0.2) is 0 Å². The fraction of sp³-hybridized carbons (Fsp3) is 0.938. The molecule has 1 saturated heterocycles. The third-order valence-electron chi connectivity index (χ3n) is 3.00. The number of rotatable bonds is 6. The minimum atomic E-state index is -0.468. The first-order valence-electron chi connectivity index (χ1n) is 8.28. The molecule has 0 aliphatic carbocycles. The van der Waals surface area contributed by atoms with Gasteiger partial charge in [0.1, 0.15) is 0 Å². The van der Waals surface area contributed by atoms with Gasteiger partial charge < -0.3 is 29.1 Å². The molecule has 2 atom stereocenters. The maximum absolute atomic E-state index is 10.3. The van der Waals surface area contributed by atoms with Crippen molar-refractivity contribution < 1.29 is 29.8 Å². The van der Waals surface area contributed by atoms with Crippen LogP contribution in [0.15, 0.2) is 0 Å². The summed E-state index contributed by atoms with van der Waals surface area (Å²) in [6, 6.07) is -0.264. The Morgan fingerprint density at radius 3 is 1.58 bits per heavy atom. The van der Waals surface area contributed by atoms with Crippen LogP contribution >= 0.6 is 0 Å². The van der Waals surface area contributed by atoms with Crippen molar-refractivity contribution in [3.8, 4) is 0 Å². The van der Waals surface area contributed by atoms with Crippen molar-refractivity contribution in [2.24, 2.45) is 34.8 Å². The Hall–Kier alpha value is 0.440. The minimum Gasteiger partial charge on any atom is -1.00 e. The molecule has 8 heteroatoms. The van der Waals surface area contributed by atoms with Gasteiger partial charge in [0.25, 0.3) is 0 Å². The number of primary amides is 1. The Morgan fingerprint density at radius 1 is 1.04 bits per heavy atom. The maximum Gasteiger partial charge on any atom is 1.00 e. The van der Waals surface area contributed by atoms with Gasteiger partial charge in [-0.2, -0.15) is 0 Å². The van der Waals surface area contributed by atoms with Gasteiger partial charge in [0.15, 0.2) is 17.4 Å². The molecule has 0 saturated carbocycles. The van der Waals surface area contributed by atoms with E-state index < -0.39 is 11.9 Å². The fourth-order valence-electron chi connectivity index (χ4n) is 1.84. The number of nitrogens with two attached hydrogens (primary N) is 4. The molecule has 0 aromatic carbocycles. The predicted molar refractivity (Wildman–Crippen MR) is 104 cm³/mol. The predicted octanol–water partition coefficient (Wildman–Crippen LogP) is -3.11. The van der Waals surface area contributed by atoms with E-state index in [-0.39, 0.29) is 43.7 Å². The van der Waals surface area contributed by atoms with E-state index in [1.807, 2.05) is 13.8 Å². The van der Waals surface area contributed by atoms with Crippen molar-refractivity contribution in [1.82, 2.24) is 0 Å². The van der Waals surface area contributed by atoms with Crippen molar-refractivity contribution in [3.63, 3.8) is 0 Å². The molecule has 1 fully saturated rings. The fourth-order valence-corrected chi connectivity index (χ4v) is 1.84. The molecule has 1 rings (SSSR count). The summed E-state index contributed by atoms with van der Waals surface area (Å²) in [5.74, 6) is 0.699. The SMILES string of the molecule is C1CCOC1.CC(C)CC(N)C(N)=O.CC(C)CC(N)CN.[AlH3].[H-].[Li+]. The van der Waals surface area contributed by atoms with Crippen LogP contribution in [0.1, 0.15) is 54.8 Å². The van der Waals surface area contributed by atoms with Gasteiger partial charge in [-0.05, 0) is 37.5 Å². The number of carbonyl (C=O) groups excluding carboxylic acids is 1. The summed E-state index contributed by atoms with van der Waals surface area (Å²) < 4.78 is 4.94. The average molecular weight is 356 g/mol. The zero-order valence-electron chi connectivity index (χ0n) is 16.9. The monoisotopic (exact) mass is 356 g/mol. The summed E-state index contributed by atoms with van der Waals surface area (Å²) in [4.78, 5) is 10.3. The second-order valence-corrected chi connectivity index (χ2v) is 6.58. The quantitative estimate of drug-likeness (QED) is 0.374. The topological polar surface area (TPSA) is 130 Å². The molecular formula is C16H42AlLiN4O2. The molecule has 0 aromatic heterocycles. The molecule has 8 N–H and O–H groups in total. The summed E-state index contributed by atoms with van der Waals surface area (Å²) in [5.41, 5.74) is 21.1. The third kappa shape index (κ3) is 27.3. The Kier molecular flexibility index (Phi) is 28.8. The smallest absolute Gasteiger partial charge is 1.00 e. The van der Waals surface area contributed by atoms with Gasteiger partial charge >= 0.3 is 18.9 Å². The van der Waals surface area contributed by atoms with Gasteiger partial charge in [-0.3, -0.25) is 4.79 Å². The van der Waals surface area contributed by atoms with Gasteiger partial charge in [0.2, 0.25) is 5.91 Å². The number of carbonyl (C=O) groups is 1. The van der Waals surface area contributed by atoms with Crippen LogP contribution in [0.3, 0.4) is 0 Å². The van der Waals surface area contributed by atoms with Crippen molar-refractivity contribution >= 4 is 23.3 Å². The molecular weight excluding hydrogens is 314 g/mol. The number of hydrogen-bond donors (Lipinski definition) is 4. The van der Waals surface area contributed by atoms with Crippen LogP contribution in [-0.2, 0) is 9.53 Å². The van der Waals surface area contributed by atoms with Crippen LogP contribution in [0.5, 0.6) is 0 Å². The average Bonchev–Trinajstić information content (AvgIpc) is 2.96. The van der Waals surface area contributed by atoms with Crippen LogP contribution < -0.4 is 41.8 Å². The van der Waals surface area contributed by atoms with Crippen molar-refractivity contribution in [2.75, 3.05) is 19.8 Å². The van der Waals surface area contributed by atoms with Gasteiger partial charge in [-0.1, -0.05) is 27.7 Å². The second kappa shape index (κ2) is 21.5. The zero-order chi connectivity index (χ0) is 17.5. The third-order valence-corrected chi connectivity index (χ3v) is 3.00. The van der Waals surface area contributed by atoms with Crippen LogP contribution in [0, 0.1) is 11.8 Å². The molecule has 1 aliphatic rings. The first kappa shape index (κ1) is 32.1. The van der Waals surface area contributed by atoms with E-state index in [9.17, 15) is 4.79 Å². The minimum absolute atomic E-state index is 0.